The van der Waals surface area contributed by atoms with Crippen molar-refractivity contribution in [2.24, 2.45) is 10.9 Å². The Balaban J connectivity index is 2.97. The second kappa shape index (κ2) is 5.76. The quantitative estimate of drug-likeness (QED) is 0.308. The van der Waals surface area contributed by atoms with E-state index in [0.717, 1.165) is 0 Å². The molecule has 1 rings (SSSR count). The molecule has 0 heterocycles. The molecule has 0 saturated heterocycles. The lowest BCUT2D eigenvalue weighted by molar-refractivity contribution is 0.0810. The van der Waals surface area contributed by atoms with Gasteiger partial charge in [0.25, 0.3) is 5.91 Å². The molecular weight excluding hydrogens is 238 g/mol. The summed E-state index contributed by atoms with van der Waals surface area (Å²) in [6, 6.07) is 4.59. The number of rotatable bonds is 4. The predicted octanol–water partition coefficient (Wildman–Crippen LogP) is 0.219. The molecule has 0 radical (unpaired) electrons. The highest BCUT2D eigenvalue weighted by atomic mass is 16.5. The Kier molecular flexibility index (Phi) is 4.36. The Bertz CT molecular complexity index is 473. The van der Waals surface area contributed by atoms with Gasteiger partial charge in [0.2, 0.25) is 0 Å². The number of hydrogen-bond acceptors (Lipinski definition) is 5. The van der Waals surface area contributed by atoms with Crippen LogP contribution in [-0.2, 0) is 0 Å². The number of carbonyl (C=O) groups is 1. The Hall–Kier alpha value is -2.44. The lowest BCUT2D eigenvalue weighted by atomic mass is 10.1. The summed E-state index contributed by atoms with van der Waals surface area (Å²) in [6.45, 7) is -0.0496. The van der Waals surface area contributed by atoms with Gasteiger partial charge in [-0.25, -0.2) is 0 Å². The van der Waals surface area contributed by atoms with E-state index < -0.39 is 5.91 Å². The predicted molar refractivity (Wildman–Crippen MR) is 65.0 cm³/mol. The van der Waals surface area contributed by atoms with Gasteiger partial charge in [0.05, 0.1) is 19.2 Å². The zero-order valence-electron chi connectivity index (χ0n) is 10.1. The van der Waals surface area contributed by atoms with Crippen LogP contribution in [0.15, 0.2) is 23.4 Å². The lowest BCUT2D eigenvalue weighted by Gasteiger charge is -2.17. The number of amidine groups is 1. The minimum Gasteiger partial charge on any atom is -0.504 e. The van der Waals surface area contributed by atoms with Gasteiger partial charge in [0.1, 0.15) is 0 Å². The molecule has 0 saturated carbocycles. The topological polar surface area (TPSA) is 108 Å². The summed E-state index contributed by atoms with van der Waals surface area (Å²) in [6.07, 6.45) is 0. The molecule has 0 atom stereocenters. The lowest BCUT2D eigenvalue weighted by Crippen LogP contribution is -2.35. The van der Waals surface area contributed by atoms with Crippen molar-refractivity contribution in [1.29, 1.82) is 0 Å². The molecule has 0 bridgehead atoms. The monoisotopic (exact) mass is 253 g/mol. The van der Waals surface area contributed by atoms with Gasteiger partial charge in [0.15, 0.2) is 17.3 Å². The number of carbonyl (C=O) groups excluding carboxylic acids is 1. The molecule has 0 unspecified atom stereocenters. The van der Waals surface area contributed by atoms with Crippen LogP contribution in [0.3, 0.4) is 0 Å². The van der Waals surface area contributed by atoms with E-state index in [9.17, 15) is 9.90 Å². The van der Waals surface area contributed by atoms with Crippen LogP contribution in [0, 0.1) is 0 Å². The molecule has 1 aromatic rings. The van der Waals surface area contributed by atoms with Crippen LogP contribution in [0.25, 0.3) is 0 Å². The molecule has 0 aliphatic rings. The van der Waals surface area contributed by atoms with Crippen LogP contribution < -0.4 is 10.5 Å². The summed E-state index contributed by atoms with van der Waals surface area (Å²) in [5, 5.41) is 21.0. The van der Waals surface area contributed by atoms with Crippen LogP contribution in [-0.4, -0.2) is 47.7 Å². The van der Waals surface area contributed by atoms with Crippen molar-refractivity contribution in [2.45, 2.75) is 0 Å². The smallest absolute Gasteiger partial charge is 0.257 e. The Labute approximate surface area is 104 Å². The molecule has 98 valence electrons. The van der Waals surface area contributed by atoms with Crippen molar-refractivity contribution < 1.29 is 19.8 Å². The number of nitrogens with zero attached hydrogens (tertiary/aromatic N) is 2. The van der Waals surface area contributed by atoms with E-state index in [1.807, 2.05) is 0 Å². The highest BCUT2D eigenvalue weighted by Gasteiger charge is 2.18. The highest BCUT2D eigenvalue weighted by molar-refractivity contribution is 5.99. The number of benzene rings is 1. The normalized spacial score (nSPS) is 11.1. The number of ether oxygens (including phenoxy) is 1. The van der Waals surface area contributed by atoms with E-state index in [-0.39, 0.29) is 29.4 Å². The number of likely N-dealkylation sites (N-methyl/N-ethyl adjacent to an activating group) is 1. The van der Waals surface area contributed by atoms with Crippen LogP contribution in [0.4, 0.5) is 0 Å². The van der Waals surface area contributed by atoms with Gasteiger partial charge in [-0.3, -0.25) is 4.79 Å². The van der Waals surface area contributed by atoms with E-state index in [1.54, 1.807) is 6.07 Å². The van der Waals surface area contributed by atoms with Crippen molar-refractivity contribution in [3.8, 4) is 11.5 Å². The summed E-state index contributed by atoms with van der Waals surface area (Å²) in [4.78, 5) is 13.2. The first kappa shape index (κ1) is 13.6. The molecule has 7 nitrogen and oxygen atoms in total. The zero-order chi connectivity index (χ0) is 13.7. The minimum atomic E-state index is -0.460. The molecule has 0 aliphatic carbocycles. The molecule has 0 fully saturated rings. The van der Waals surface area contributed by atoms with Gasteiger partial charge in [-0.1, -0.05) is 11.2 Å². The van der Waals surface area contributed by atoms with Crippen molar-refractivity contribution in [1.82, 2.24) is 4.90 Å². The van der Waals surface area contributed by atoms with E-state index in [2.05, 4.69) is 5.16 Å². The third kappa shape index (κ3) is 2.82. The Morgan fingerprint density at radius 2 is 2.22 bits per heavy atom. The summed E-state index contributed by atoms with van der Waals surface area (Å²) in [7, 11) is 2.86. The van der Waals surface area contributed by atoms with Gasteiger partial charge in [-0.2, -0.15) is 0 Å². The van der Waals surface area contributed by atoms with Gasteiger partial charge in [-0.15, -0.1) is 0 Å². The molecule has 0 spiro atoms. The fraction of sp³-hybridized carbons (Fsp3) is 0.273. The van der Waals surface area contributed by atoms with Crippen molar-refractivity contribution in [2.75, 3.05) is 20.7 Å². The average molecular weight is 253 g/mol. The molecule has 4 N–H and O–H groups in total. The number of aromatic hydroxyl groups is 1. The number of amides is 1. The molecule has 7 heteroatoms. The Morgan fingerprint density at radius 1 is 1.56 bits per heavy atom. The second-order valence-corrected chi connectivity index (χ2v) is 3.61. The molecule has 1 amide bonds. The molecule has 0 aliphatic heterocycles. The maximum atomic E-state index is 12.0. The number of hydrogen-bond donors (Lipinski definition) is 3. The highest BCUT2D eigenvalue weighted by Crippen LogP contribution is 2.29. The largest absolute Gasteiger partial charge is 0.504 e. The van der Waals surface area contributed by atoms with Gasteiger partial charge in [-0.05, 0) is 12.1 Å². The maximum absolute atomic E-state index is 12.0. The zero-order valence-corrected chi connectivity index (χ0v) is 10.1. The first-order valence-electron chi connectivity index (χ1n) is 5.09. The van der Waals surface area contributed by atoms with Crippen LogP contribution in [0.2, 0.25) is 0 Å². The Morgan fingerprint density at radius 3 is 2.78 bits per heavy atom. The number of para-hydroxylation sites is 1. The van der Waals surface area contributed by atoms with Gasteiger partial charge < -0.3 is 25.7 Å². The van der Waals surface area contributed by atoms with Gasteiger partial charge >= 0.3 is 0 Å². The summed E-state index contributed by atoms with van der Waals surface area (Å²) in [5.41, 5.74) is 5.39. The number of methoxy groups -OCH3 is 1. The van der Waals surface area contributed by atoms with Crippen molar-refractivity contribution in [3.63, 3.8) is 0 Å². The summed E-state index contributed by atoms with van der Waals surface area (Å²) >= 11 is 0. The molecule has 1 aromatic carbocycles. The van der Waals surface area contributed by atoms with E-state index in [0.29, 0.717) is 0 Å². The summed E-state index contributed by atoms with van der Waals surface area (Å²) in [5.74, 6) is -0.597. The van der Waals surface area contributed by atoms with Gasteiger partial charge in [0, 0.05) is 7.05 Å². The SMILES string of the molecule is COc1cccc(C(=O)N(C)CC(N)=NO)c1O. The fourth-order valence-corrected chi connectivity index (χ4v) is 1.41. The van der Waals surface area contributed by atoms with Crippen LogP contribution in [0.5, 0.6) is 11.5 Å². The minimum absolute atomic E-state index is 0.0496. The number of phenolic OH excluding ortho intramolecular Hbond substituents is 1. The van der Waals surface area contributed by atoms with Crippen molar-refractivity contribution >= 4 is 11.7 Å². The number of phenols is 1. The molecule has 18 heavy (non-hydrogen) atoms. The van der Waals surface area contributed by atoms with Crippen LogP contribution >= 0.6 is 0 Å². The third-order valence-electron chi connectivity index (χ3n) is 2.32. The number of oxime groups is 1. The average Bonchev–Trinajstić information content (AvgIpc) is 2.38. The van der Waals surface area contributed by atoms with E-state index in [1.165, 1.54) is 31.2 Å². The standard InChI is InChI=1S/C11H15N3O4/c1-14(6-9(12)13-17)11(16)7-4-3-5-8(18-2)10(7)15/h3-5,15,17H,6H2,1-2H3,(H2,12,13). The van der Waals surface area contributed by atoms with Crippen LogP contribution in [0.1, 0.15) is 10.4 Å². The first-order valence-corrected chi connectivity index (χ1v) is 5.09. The molecular formula is C11H15N3O4. The van der Waals surface area contributed by atoms with Crippen molar-refractivity contribution in [3.05, 3.63) is 23.8 Å². The van der Waals surface area contributed by atoms with E-state index >= 15 is 0 Å². The third-order valence-corrected chi connectivity index (χ3v) is 2.32. The second-order valence-electron chi connectivity index (χ2n) is 3.61. The number of nitrogens with two attached hydrogens (primary N) is 1. The fourth-order valence-electron chi connectivity index (χ4n) is 1.41. The van der Waals surface area contributed by atoms with E-state index in [4.69, 9.17) is 15.7 Å². The molecule has 0 aromatic heterocycles. The summed E-state index contributed by atoms with van der Waals surface area (Å²) < 4.78 is 4.91. The maximum Gasteiger partial charge on any atom is 0.257 e. The first-order chi connectivity index (χ1) is 8.51.